The molecule has 1 saturated heterocycles. The quantitative estimate of drug-likeness (QED) is 0.629. The molecule has 0 unspecified atom stereocenters. The number of ether oxygens (including phenoxy) is 1. The Labute approximate surface area is 189 Å². The molecule has 10 heteroatoms. The average molecular weight is 455 g/mol. The van der Waals surface area contributed by atoms with E-state index < -0.39 is 17.1 Å². The molecule has 3 aromatic rings. The van der Waals surface area contributed by atoms with Crippen LogP contribution in [0.4, 0.5) is 14.9 Å². The van der Waals surface area contributed by atoms with Crippen molar-refractivity contribution in [2.24, 2.45) is 5.92 Å². The van der Waals surface area contributed by atoms with Gasteiger partial charge in [-0.2, -0.15) is 0 Å². The number of halogens is 1. The lowest BCUT2D eigenvalue weighted by molar-refractivity contribution is -0.121. The van der Waals surface area contributed by atoms with Crippen molar-refractivity contribution in [2.75, 3.05) is 18.4 Å². The molecule has 2 amide bonds. The first-order valence-electron chi connectivity index (χ1n) is 10.8. The molecule has 1 aromatic carbocycles. The minimum atomic E-state index is -0.563. The van der Waals surface area contributed by atoms with Gasteiger partial charge in [-0.1, -0.05) is 0 Å². The van der Waals surface area contributed by atoms with E-state index >= 15 is 0 Å². The second-order valence-corrected chi connectivity index (χ2v) is 9.06. The Kier molecular flexibility index (Phi) is 5.92. The number of anilines is 1. The first-order chi connectivity index (χ1) is 15.6. The maximum Gasteiger partial charge on any atom is 0.410 e. The van der Waals surface area contributed by atoms with Crippen molar-refractivity contribution < 1.29 is 18.7 Å². The highest BCUT2D eigenvalue weighted by Gasteiger charge is 2.30. The number of rotatable bonds is 3. The molecule has 0 bridgehead atoms. The van der Waals surface area contributed by atoms with Gasteiger partial charge in [0, 0.05) is 24.7 Å². The van der Waals surface area contributed by atoms with E-state index in [-0.39, 0.29) is 23.7 Å². The first-order valence-corrected chi connectivity index (χ1v) is 10.8. The highest BCUT2D eigenvalue weighted by Crippen LogP contribution is 2.23. The van der Waals surface area contributed by atoms with Gasteiger partial charge in [0.2, 0.25) is 5.91 Å². The fourth-order valence-corrected chi connectivity index (χ4v) is 3.80. The minimum Gasteiger partial charge on any atom is -0.444 e. The van der Waals surface area contributed by atoms with Gasteiger partial charge in [-0.3, -0.25) is 4.79 Å². The van der Waals surface area contributed by atoms with Crippen molar-refractivity contribution in [3.63, 3.8) is 0 Å². The van der Waals surface area contributed by atoms with Crippen LogP contribution in [0, 0.1) is 11.7 Å². The van der Waals surface area contributed by atoms with Gasteiger partial charge in [0.1, 0.15) is 17.2 Å². The van der Waals surface area contributed by atoms with Crippen LogP contribution >= 0.6 is 0 Å². The highest BCUT2D eigenvalue weighted by atomic mass is 19.1. The Bertz CT molecular complexity index is 1230. The van der Waals surface area contributed by atoms with Gasteiger partial charge in [-0.05, 0) is 63.9 Å². The van der Waals surface area contributed by atoms with Gasteiger partial charge in [0.15, 0.2) is 0 Å². The van der Waals surface area contributed by atoms with Gasteiger partial charge < -0.3 is 19.9 Å². The number of piperidine rings is 1. The number of fused-ring (bicyclic) bond motifs is 1. The number of pyridine rings is 1. The molecule has 9 nitrogen and oxygen atoms in total. The maximum atomic E-state index is 13.2. The van der Waals surface area contributed by atoms with Crippen LogP contribution in [0.15, 0.2) is 41.3 Å². The van der Waals surface area contributed by atoms with Crippen molar-refractivity contribution in [1.82, 2.24) is 19.4 Å². The van der Waals surface area contributed by atoms with Crippen molar-refractivity contribution in [1.29, 1.82) is 0 Å². The summed E-state index contributed by atoms with van der Waals surface area (Å²) in [4.78, 5) is 45.8. The van der Waals surface area contributed by atoms with Crippen LogP contribution in [0.1, 0.15) is 33.6 Å². The summed E-state index contributed by atoms with van der Waals surface area (Å²) in [5, 5.41) is 2.90. The molecule has 0 aliphatic carbocycles. The third-order valence-corrected chi connectivity index (χ3v) is 5.41. The monoisotopic (exact) mass is 455 g/mol. The van der Waals surface area contributed by atoms with E-state index in [1.807, 2.05) is 20.8 Å². The molecular formula is C23H26FN5O4. The lowest BCUT2D eigenvalue weighted by atomic mass is 9.96. The smallest absolute Gasteiger partial charge is 0.410 e. The minimum absolute atomic E-state index is 0.150. The van der Waals surface area contributed by atoms with Crippen LogP contribution in [0.5, 0.6) is 0 Å². The Morgan fingerprint density at radius 1 is 1.18 bits per heavy atom. The number of H-pyrrole nitrogens is 1. The molecule has 0 saturated carbocycles. The van der Waals surface area contributed by atoms with Gasteiger partial charge in [0.25, 0.3) is 0 Å². The molecule has 2 aromatic heterocycles. The summed E-state index contributed by atoms with van der Waals surface area (Å²) in [5.74, 6) is -0.628. The summed E-state index contributed by atoms with van der Waals surface area (Å²) < 4.78 is 20.0. The van der Waals surface area contributed by atoms with E-state index in [1.54, 1.807) is 23.1 Å². The SMILES string of the molecule is CC(C)(C)OC(=O)N1CCC(C(=O)Nc2ccc3[nH]c(=O)n(-c4ccc(F)cn4)c3c2)CC1. The summed E-state index contributed by atoms with van der Waals surface area (Å²) in [7, 11) is 0. The van der Waals surface area contributed by atoms with Gasteiger partial charge >= 0.3 is 11.8 Å². The van der Waals surface area contributed by atoms with Crippen LogP contribution in [-0.4, -0.2) is 50.1 Å². The standard InChI is InChI=1S/C23H26FN5O4/c1-23(2,3)33-22(32)28-10-8-14(9-11-28)20(30)26-16-5-6-17-18(12-16)29(21(31)27-17)19-7-4-15(24)13-25-19/h4-7,12-14H,8-11H2,1-3H3,(H,26,30)(H,27,31). The van der Waals surface area contributed by atoms with Crippen LogP contribution in [-0.2, 0) is 9.53 Å². The average Bonchev–Trinajstić information content (AvgIpc) is 3.08. The number of hydrogen-bond donors (Lipinski definition) is 2. The molecule has 4 rings (SSSR count). The summed E-state index contributed by atoms with van der Waals surface area (Å²) >= 11 is 0. The summed E-state index contributed by atoms with van der Waals surface area (Å²) in [5.41, 5.74) is 0.623. The van der Waals surface area contributed by atoms with Gasteiger partial charge in [-0.25, -0.2) is 23.5 Å². The molecule has 174 valence electrons. The number of benzene rings is 1. The maximum absolute atomic E-state index is 13.2. The lowest BCUT2D eigenvalue weighted by Gasteiger charge is -2.32. The predicted molar refractivity (Wildman–Crippen MR) is 121 cm³/mol. The topological polar surface area (TPSA) is 109 Å². The van der Waals surface area contributed by atoms with E-state index in [0.29, 0.717) is 42.7 Å². The van der Waals surface area contributed by atoms with Crippen LogP contribution in [0.25, 0.3) is 16.9 Å². The van der Waals surface area contributed by atoms with Crippen molar-refractivity contribution >= 4 is 28.7 Å². The second kappa shape index (κ2) is 8.68. The van der Waals surface area contributed by atoms with Crippen LogP contribution in [0.2, 0.25) is 0 Å². The fourth-order valence-electron chi connectivity index (χ4n) is 3.80. The second-order valence-electron chi connectivity index (χ2n) is 9.06. The number of aromatic amines is 1. The van der Waals surface area contributed by atoms with Crippen LogP contribution < -0.4 is 11.0 Å². The van der Waals surface area contributed by atoms with Gasteiger partial charge in [-0.15, -0.1) is 0 Å². The number of nitrogens with one attached hydrogen (secondary N) is 2. The van der Waals surface area contributed by atoms with E-state index in [1.165, 1.54) is 16.7 Å². The first kappa shape index (κ1) is 22.5. The van der Waals surface area contributed by atoms with Crippen molar-refractivity contribution in [2.45, 2.75) is 39.2 Å². The number of nitrogens with zero attached hydrogens (tertiary/aromatic N) is 3. The number of carbonyl (C=O) groups is 2. The normalized spacial score (nSPS) is 15.0. The fraction of sp³-hybridized carbons (Fsp3) is 0.391. The largest absolute Gasteiger partial charge is 0.444 e. The molecule has 2 N–H and O–H groups in total. The Morgan fingerprint density at radius 3 is 2.55 bits per heavy atom. The number of imidazole rings is 1. The number of hydrogen-bond acceptors (Lipinski definition) is 5. The molecule has 0 spiro atoms. The third-order valence-electron chi connectivity index (χ3n) is 5.41. The molecule has 33 heavy (non-hydrogen) atoms. The Hall–Kier alpha value is -3.69. The summed E-state index contributed by atoms with van der Waals surface area (Å²) in [6.07, 6.45) is 1.73. The zero-order valence-electron chi connectivity index (χ0n) is 18.7. The zero-order chi connectivity index (χ0) is 23.8. The van der Waals surface area contributed by atoms with E-state index in [9.17, 15) is 18.8 Å². The summed E-state index contributed by atoms with van der Waals surface area (Å²) in [6.45, 7) is 6.34. The van der Waals surface area contributed by atoms with Crippen molar-refractivity contribution in [3.8, 4) is 5.82 Å². The number of likely N-dealkylation sites (tertiary alicyclic amines) is 1. The van der Waals surface area contributed by atoms with E-state index in [2.05, 4.69) is 15.3 Å². The highest BCUT2D eigenvalue weighted by molar-refractivity contribution is 5.94. The number of amides is 2. The molecule has 1 aliphatic rings. The number of aromatic nitrogens is 3. The Morgan fingerprint density at radius 2 is 1.91 bits per heavy atom. The lowest BCUT2D eigenvalue weighted by Crippen LogP contribution is -2.43. The van der Waals surface area contributed by atoms with Gasteiger partial charge in [0.05, 0.1) is 17.2 Å². The Balaban J connectivity index is 1.46. The zero-order valence-corrected chi connectivity index (χ0v) is 18.7. The molecule has 0 atom stereocenters. The molecule has 1 fully saturated rings. The number of carbonyl (C=O) groups excluding carboxylic acids is 2. The predicted octanol–water partition coefficient (Wildman–Crippen LogP) is 3.44. The third kappa shape index (κ3) is 5.05. The summed E-state index contributed by atoms with van der Waals surface area (Å²) in [6, 6.07) is 7.70. The van der Waals surface area contributed by atoms with E-state index in [0.717, 1.165) is 6.20 Å². The molecule has 0 radical (unpaired) electrons. The van der Waals surface area contributed by atoms with E-state index in [4.69, 9.17) is 4.74 Å². The molecule has 3 heterocycles. The van der Waals surface area contributed by atoms with Crippen LogP contribution in [0.3, 0.4) is 0 Å². The molecular weight excluding hydrogens is 429 g/mol. The van der Waals surface area contributed by atoms with Crippen molar-refractivity contribution in [3.05, 3.63) is 52.8 Å². The molecule has 1 aliphatic heterocycles.